The molecule has 2 aromatic rings. The van der Waals surface area contributed by atoms with Crippen molar-refractivity contribution in [3.8, 4) is 0 Å². The van der Waals surface area contributed by atoms with Crippen molar-refractivity contribution in [2.75, 3.05) is 5.32 Å². The van der Waals surface area contributed by atoms with E-state index in [1.54, 1.807) is 0 Å². The van der Waals surface area contributed by atoms with Crippen molar-refractivity contribution in [2.45, 2.75) is 39.2 Å². The van der Waals surface area contributed by atoms with Crippen molar-refractivity contribution in [3.63, 3.8) is 0 Å². The lowest BCUT2D eigenvalue weighted by molar-refractivity contribution is 0.253. The van der Waals surface area contributed by atoms with E-state index in [4.69, 9.17) is 0 Å². The molecule has 3 rings (SSSR count). The molecule has 0 saturated heterocycles. The Morgan fingerprint density at radius 2 is 2.17 bits per heavy atom. The largest absolute Gasteiger partial charge is 0.382 e. The molecular weight excluding hydrogens is 222 g/mol. The van der Waals surface area contributed by atoms with Crippen LogP contribution in [0.5, 0.6) is 0 Å². The van der Waals surface area contributed by atoms with Crippen LogP contribution in [0.2, 0.25) is 0 Å². The molecule has 96 valence electrons. The van der Waals surface area contributed by atoms with Gasteiger partial charge in [0.1, 0.15) is 0 Å². The van der Waals surface area contributed by atoms with Gasteiger partial charge in [0.25, 0.3) is 0 Å². The Hall–Kier alpha value is -1.51. The third-order valence-electron chi connectivity index (χ3n) is 4.50. The Balaban J connectivity index is 1.78. The molecule has 0 spiro atoms. The highest BCUT2D eigenvalue weighted by molar-refractivity contribution is 5.81. The van der Waals surface area contributed by atoms with Gasteiger partial charge in [0.05, 0.1) is 11.7 Å². The monoisotopic (exact) mass is 243 g/mol. The summed E-state index contributed by atoms with van der Waals surface area (Å²) in [7, 11) is 0. The zero-order valence-electron chi connectivity index (χ0n) is 11.1. The average molecular weight is 243 g/mol. The average Bonchev–Trinajstić information content (AvgIpc) is 2.82. The Morgan fingerprint density at radius 3 is 3.06 bits per heavy atom. The Labute approximate surface area is 108 Å². The van der Waals surface area contributed by atoms with Crippen molar-refractivity contribution in [2.24, 2.45) is 11.8 Å². The van der Waals surface area contributed by atoms with Gasteiger partial charge < -0.3 is 5.32 Å². The molecule has 1 fully saturated rings. The molecular formula is C15H21N3. The van der Waals surface area contributed by atoms with E-state index < -0.39 is 0 Å². The summed E-state index contributed by atoms with van der Waals surface area (Å²) in [6, 6.07) is 7.04. The predicted octanol–water partition coefficient (Wildman–Crippen LogP) is 3.80. The van der Waals surface area contributed by atoms with Gasteiger partial charge in [-0.25, -0.2) is 0 Å². The first-order valence-corrected chi connectivity index (χ1v) is 6.94. The molecule has 3 heteroatoms. The van der Waals surface area contributed by atoms with E-state index in [0.29, 0.717) is 6.04 Å². The molecule has 1 heterocycles. The van der Waals surface area contributed by atoms with E-state index in [9.17, 15) is 0 Å². The summed E-state index contributed by atoms with van der Waals surface area (Å²) in [4.78, 5) is 0. The minimum absolute atomic E-state index is 0.609. The number of hydrogen-bond acceptors (Lipinski definition) is 2. The standard InChI is InChI=1S/C15H21N3/c1-10-4-3-5-14(11(10)2)17-13-6-7-15-12(8-13)9-16-18-15/h6-11,14,17H,3-5H2,1-2H3,(H,16,18). The number of hydrogen-bond donors (Lipinski definition) is 2. The second-order valence-electron chi connectivity index (χ2n) is 5.69. The smallest absolute Gasteiger partial charge is 0.0651 e. The van der Waals surface area contributed by atoms with Crippen molar-refractivity contribution in [1.82, 2.24) is 10.2 Å². The van der Waals surface area contributed by atoms with Crippen LogP contribution in [0.25, 0.3) is 10.9 Å². The van der Waals surface area contributed by atoms with Crippen LogP contribution in [0.1, 0.15) is 33.1 Å². The highest BCUT2D eigenvalue weighted by Crippen LogP contribution is 2.32. The second kappa shape index (κ2) is 4.63. The van der Waals surface area contributed by atoms with Crippen molar-refractivity contribution < 1.29 is 0 Å². The number of H-pyrrole nitrogens is 1. The maximum Gasteiger partial charge on any atom is 0.0651 e. The van der Waals surface area contributed by atoms with E-state index in [1.807, 2.05) is 6.20 Å². The predicted molar refractivity (Wildman–Crippen MR) is 75.7 cm³/mol. The minimum Gasteiger partial charge on any atom is -0.382 e. The van der Waals surface area contributed by atoms with E-state index in [1.165, 1.54) is 30.3 Å². The molecule has 0 radical (unpaired) electrons. The Bertz CT molecular complexity index is 531. The third-order valence-corrected chi connectivity index (χ3v) is 4.50. The summed E-state index contributed by atoms with van der Waals surface area (Å²) < 4.78 is 0. The number of fused-ring (bicyclic) bond motifs is 1. The van der Waals surface area contributed by atoms with Gasteiger partial charge in [0, 0.05) is 17.1 Å². The number of aromatic nitrogens is 2. The molecule has 18 heavy (non-hydrogen) atoms. The lowest BCUT2D eigenvalue weighted by Gasteiger charge is -2.35. The van der Waals surface area contributed by atoms with E-state index in [-0.39, 0.29) is 0 Å². The quantitative estimate of drug-likeness (QED) is 0.842. The summed E-state index contributed by atoms with van der Waals surface area (Å²) in [5.41, 5.74) is 2.32. The fourth-order valence-electron chi connectivity index (χ4n) is 3.03. The maximum absolute atomic E-state index is 4.06. The first-order valence-electron chi connectivity index (χ1n) is 6.94. The molecule has 0 bridgehead atoms. The molecule has 3 nitrogen and oxygen atoms in total. The maximum atomic E-state index is 4.06. The highest BCUT2D eigenvalue weighted by atomic mass is 15.1. The molecule has 3 atom stereocenters. The zero-order valence-corrected chi connectivity index (χ0v) is 11.1. The number of nitrogens with one attached hydrogen (secondary N) is 2. The van der Waals surface area contributed by atoms with Crippen LogP contribution < -0.4 is 5.32 Å². The fourth-order valence-corrected chi connectivity index (χ4v) is 3.03. The van der Waals surface area contributed by atoms with Crippen molar-refractivity contribution in [1.29, 1.82) is 0 Å². The molecule has 3 unspecified atom stereocenters. The van der Waals surface area contributed by atoms with Crippen molar-refractivity contribution >= 4 is 16.6 Å². The number of rotatable bonds is 2. The molecule has 1 aromatic heterocycles. The van der Waals surface area contributed by atoms with Crippen molar-refractivity contribution in [3.05, 3.63) is 24.4 Å². The third kappa shape index (κ3) is 2.09. The summed E-state index contributed by atoms with van der Waals surface area (Å²) in [5, 5.41) is 11.9. The Kier molecular flexibility index (Phi) is 2.98. The number of aromatic amines is 1. The van der Waals surface area contributed by atoms with E-state index >= 15 is 0 Å². The molecule has 1 aliphatic carbocycles. The normalized spacial score (nSPS) is 28.4. The first-order chi connectivity index (χ1) is 8.74. The van der Waals surface area contributed by atoms with E-state index in [2.05, 4.69) is 47.6 Å². The summed E-state index contributed by atoms with van der Waals surface area (Å²) in [6.07, 6.45) is 5.89. The van der Waals surface area contributed by atoms with Gasteiger partial charge in [-0.05, 0) is 36.5 Å². The number of nitrogens with zero attached hydrogens (tertiary/aromatic N) is 1. The molecule has 0 amide bonds. The summed E-state index contributed by atoms with van der Waals surface area (Å²) in [6.45, 7) is 4.75. The van der Waals surface area contributed by atoms with Gasteiger partial charge in [-0.1, -0.05) is 26.7 Å². The topological polar surface area (TPSA) is 40.7 Å². The second-order valence-corrected chi connectivity index (χ2v) is 5.69. The molecule has 0 aliphatic heterocycles. The summed E-state index contributed by atoms with van der Waals surface area (Å²) in [5.74, 6) is 1.58. The fraction of sp³-hybridized carbons (Fsp3) is 0.533. The van der Waals surface area contributed by atoms with Crippen LogP contribution >= 0.6 is 0 Å². The van der Waals surface area contributed by atoms with Crippen LogP contribution in [-0.2, 0) is 0 Å². The highest BCUT2D eigenvalue weighted by Gasteiger charge is 2.26. The minimum atomic E-state index is 0.609. The van der Waals surface area contributed by atoms with Gasteiger partial charge in [-0.3, -0.25) is 5.10 Å². The van der Waals surface area contributed by atoms with Gasteiger partial charge in [0.15, 0.2) is 0 Å². The van der Waals surface area contributed by atoms with Gasteiger partial charge in [-0.15, -0.1) is 0 Å². The first kappa shape index (κ1) is 11.6. The van der Waals surface area contributed by atoms with Gasteiger partial charge in [-0.2, -0.15) is 5.10 Å². The van der Waals surface area contributed by atoms with Gasteiger partial charge >= 0.3 is 0 Å². The van der Waals surface area contributed by atoms with Crippen LogP contribution in [0.15, 0.2) is 24.4 Å². The number of benzene rings is 1. The van der Waals surface area contributed by atoms with Crippen LogP contribution in [0.4, 0.5) is 5.69 Å². The van der Waals surface area contributed by atoms with Gasteiger partial charge in [0.2, 0.25) is 0 Å². The van der Waals surface area contributed by atoms with Crippen LogP contribution in [0, 0.1) is 11.8 Å². The molecule has 1 saturated carbocycles. The summed E-state index contributed by atoms with van der Waals surface area (Å²) >= 11 is 0. The number of anilines is 1. The lowest BCUT2D eigenvalue weighted by Crippen LogP contribution is -2.34. The van der Waals surface area contributed by atoms with Crippen LogP contribution in [0.3, 0.4) is 0 Å². The molecule has 1 aromatic carbocycles. The van der Waals surface area contributed by atoms with E-state index in [0.717, 1.165) is 17.4 Å². The lowest BCUT2D eigenvalue weighted by atomic mass is 9.78. The SMILES string of the molecule is CC1CCCC(Nc2ccc3[nH]ncc3c2)C1C. The molecule has 2 N–H and O–H groups in total. The Morgan fingerprint density at radius 1 is 1.28 bits per heavy atom. The zero-order chi connectivity index (χ0) is 12.5. The van der Waals surface area contributed by atoms with Crippen LogP contribution in [-0.4, -0.2) is 16.2 Å². The molecule has 1 aliphatic rings.